The topological polar surface area (TPSA) is 92.1 Å². The molecule has 1 unspecified atom stereocenters. The fraction of sp³-hybridized carbons (Fsp3) is 0.238. The predicted octanol–water partition coefficient (Wildman–Crippen LogP) is 4.76. The van der Waals surface area contributed by atoms with Crippen LogP contribution in [0.3, 0.4) is 0 Å². The molecule has 1 aromatic heterocycles. The number of carbonyl (C=O) groups is 1. The molecular weight excluding hydrogens is 410 g/mol. The van der Waals surface area contributed by atoms with Gasteiger partial charge < -0.3 is 19.0 Å². The molecule has 0 amide bonds. The number of nitrogens with zero attached hydrogens (tertiary/aromatic N) is 3. The number of aromatic nitrogens is 2. The molecule has 0 bridgehead atoms. The van der Waals surface area contributed by atoms with Crippen molar-refractivity contribution in [2.24, 2.45) is 5.16 Å². The van der Waals surface area contributed by atoms with Gasteiger partial charge in [-0.3, -0.25) is 0 Å². The fourth-order valence-corrected chi connectivity index (χ4v) is 2.50. The van der Waals surface area contributed by atoms with Crippen molar-refractivity contribution in [3.05, 3.63) is 53.7 Å². The van der Waals surface area contributed by atoms with Crippen LogP contribution >= 0.6 is 11.6 Å². The van der Waals surface area contributed by atoms with Gasteiger partial charge in [-0.05, 0) is 63.2 Å². The third-order valence-electron chi connectivity index (χ3n) is 3.67. The molecule has 3 rings (SSSR count). The second kappa shape index (κ2) is 9.89. The van der Waals surface area contributed by atoms with E-state index in [0.29, 0.717) is 33.4 Å². The van der Waals surface area contributed by atoms with Gasteiger partial charge in [-0.2, -0.15) is 0 Å². The van der Waals surface area contributed by atoms with Gasteiger partial charge in [-0.1, -0.05) is 16.8 Å². The average Bonchev–Trinajstić information content (AvgIpc) is 2.72. The van der Waals surface area contributed by atoms with Crippen molar-refractivity contribution in [1.82, 2.24) is 9.97 Å². The quantitative estimate of drug-likeness (QED) is 0.167. The molecule has 3 aromatic rings. The van der Waals surface area contributed by atoms with Crippen LogP contribution in [0.4, 0.5) is 0 Å². The summed E-state index contributed by atoms with van der Waals surface area (Å²) in [5, 5.41) is 4.27. The Hall–Kier alpha value is -3.39. The standard InChI is InChI=1S/C21H20ClN3O5/c1-13(2)25-28-12-27-21(26)14(3)29-16-5-7-17(8-6-16)30-20-11-23-19-10-15(22)4-9-18(19)24-20/h4-11,14H,12H2,1-3H3. The van der Waals surface area contributed by atoms with Gasteiger partial charge in [0.15, 0.2) is 6.10 Å². The van der Waals surface area contributed by atoms with E-state index in [1.54, 1.807) is 63.2 Å². The van der Waals surface area contributed by atoms with Crippen LogP contribution in [-0.2, 0) is 14.4 Å². The van der Waals surface area contributed by atoms with E-state index in [1.165, 1.54) is 6.20 Å². The lowest BCUT2D eigenvalue weighted by Crippen LogP contribution is -2.26. The normalized spacial score (nSPS) is 11.5. The van der Waals surface area contributed by atoms with Crippen molar-refractivity contribution in [1.29, 1.82) is 0 Å². The minimum Gasteiger partial charge on any atom is -0.479 e. The maximum Gasteiger partial charge on any atom is 0.349 e. The van der Waals surface area contributed by atoms with Crippen LogP contribution in [0.25, 0.3) is 11.0 Å². The van der Waals surface area contributed by atoms with Gasteiger partial charge in [-0.25, -0.2) is 14.8 Å². The van der Waals surface area contributed by atoms with Crippen LogP contribution in [0.1, 0.15) is 20.8 Å². The van der Waals surface area contributed by atoms with E-state index in [1.807, 2.05) is 0 Å². The highest BCUT2D eigenvalue weighted by atomic mass is 35.5. The molecule has 8 nitrogen and oxygen atoms in total. The highest BCUT2D eigenvalue weighted by molar-refractivity contribution is 6.31. The van der Waals surface area contributed by atoms with Gasteiger partial charge in [0.2, 0.25) is 5.88 Å². The Morgan fingerprint density at radius 1 is 1.10 bits per heavy atom. The van der Waals surface area contributed by atoms with Crippen molar-refractivity contribution in [3.8, 4) is 17.4 Å². The first-order valence-corrected chi connectivity index (χ1v) is 9.45. The summed E-state index contributed by atoms with van der Waals surface area (Å²) in [7, 11) is 0. The summed E-state index contributed by atoms with van der Waals surface area (Å²) in [6.45, 7) is 4.84. The largest absolute Gasteiger partial charge is 0.479 e. The lowest BCUT2D eigenvalue weighted by atomic mass is 10.3. The van der Waals surface area contributed by atoms with Gasteiger partial charge in [0, 0.05) is 5.02 Å². The Bertz CT molecular complexity index is 1050. The lowest BCUT2D eigenvalue weighted by Gasteiger charge is -2.14. The number of esters is 1. The van der Waals surface area contributed by atoms with Crippen molar-refractivity contribution >= 4 is 34.3 Å². The van der Waals surface area contributed by atoms with Gasteiger partial charge in [0.05, 0.1) is 22.9 Å². The summed E-state index contributed by atoms with van der Waals surface area (Å²) in [6.07, 6.45) is 0.707. The second-order valence-electron chi connectivity index (χ2n) is 6.42. The second-order valence-corrected chi connectivity index (χ2v) is 6.86. The van der Waals surface area contributed by atoms with E-state index in [0.717, 1.165) is 5.71 Å². The molecule has 1 heterocycles. The van der Waals surface area contributed by atoms with Gasteiger partial charge in [0.1, 0.15) is 11.5 Å². The summed E-state index contributed by atoms with van der Waals surface area (Å²) in [5.41, 5.74) is 2.08. The summed E-state index contributed by atoms with van der Waals surface area (Å²) in [6, 6.07) is 12.0. The number of hydrogen-bond donors (Lipinski definition) is 0. The smallest absolute Gasteiger partial charge is 0.349 e. The fourth-order valence-electron chi connectivity index (χ4n) is 2.33. The molecule has 30 heavy (non-hydrogen) atoms. The van der Waals surface area contributed by atoms with Crippen LogP contribution in [0.15, 0.2) is 53.8 Å². The maximum absolute atomic E-state index is 11.9. The third-order valence-corrected chi connectivity index (χ3v) is 3.91. The molecule has 2 aromatic carbocycles. The molecule has 0 aliphatic heterocycles. The molecule has 156 valence electrons. The predicted molar refractivity (Wildman–Crippen MR) is 112 cm³/mol. The monoisotopic (exact) mass is 429 g/mol. The first-order chi connectivity index (χ1) is 14.4. The SMILES string of the molecule is CC(C)=NOCOC(=O)C(C)Oc1ccc(Oc2cnc3cc(Cl)ccc3n2)cc1. The third kappa shape index (κ3) is 6.05. The van der Waals surface area contributed by atoms with Crippen molar-refractivity contribution < 1.29 is 23.8 Å². The Balaban J connectivity index is 1.55. The zero-order valence-electron chi connectivity index (χ0n) is 16.7. The molecule has 0 aliphatic rings. The highest BCUT2D eigenvalue weighted by Crippen LogP contribution is 2.25. The number of carbonyl (C=O) groups excluding carboxylic acids is 1. The Morgan fingerprint density at radius 3 is 2.57 bits per heavy atom. The molecule has 0 fully saturated rings. The summed E-state index contributed by atoms with van der Waals surface area (Å²) in [4.78, 5) is 25.4. The van der Waals surface area contributed by atoms with Gasteiger partial charge in [-0.15, -0.1) is 0 Å². The zero-order valence-corrected chi connectivity index (χ0v) is 17.4. The Labute approximate surface area is 178 Å². The zero-order chi connectivity index (χ0) is 21.5. The summed E-state index contributed by atoms with van der Waals surface area (Å²) >= 11 is 5.95. The number of halogens is 1. The van der Waals surface area contributed by atoms with Crippen molar-refractivity contribution in [2.45, 2.75) is 26.9 Å². The van der Waals surface area contributed by atoms with E-state index in [9.17, 15) is 4.79 Å². The number of benzene rings is 2. The number of rotatable bonds is 8. The first kappa shape index (κ1) is 21.3. The minimum atomic E-state index is -0.815. The molecule has 0 aliphatic carbocycles. The minimum absolute atomic E-state index is 0.274. The van der Waals surface area contributed by atoms with E-state index in [4.69, 9.17) is 30.6 Å². The Morgan fingerprint density at radius 2 is 1.83 bits per heavy atom. The lowest BCUT2D eigenvalue weighted by molar-refractivity contribution is -0.163. The summed E-state index contributed by atoms with van der Waals surface area (Å²) < 4.78 is 16.2. The molecular formula is C21H20ClN3O5. The van der Waals surface area contributed by atoms with Crippen LogP contribution < -0.4 is 9.47 Å². The number of oxime groups is 1. The van der Waals surface area contributed by atoms with E-state index in [-0.39, 0.29) is 6.79 Å². The van der Waals surface area contributed by atoms with Crippen molar-refractivity contribution in [3.63, 3.8) is 0 Å². The molecule has 0 saturated heterocycles. The molecule has 0 spiro atoms. The molecule has 0 saturated carbocycles. The maximum atomic E-state index is 11.9. The molecule has 1 atom stereocenters. The van der Waals surface area contributed by atoms with E-state index >= 15 is 0 Å². The number of ether oxygens (including phenoxy) is 3. The number of hydrogen-bond acceptors (Lipinski definition) is 8. The van der Waals surface area contributed by atoms with Gasteiger partial charge in [0.25, 0.3) is 6.79 Å². The van der Waals surface area contributed by atoms with Crippen LogP contribution in [0, 0.1) is 0 Å². The summed E-state index contributed by atoms with van der Waals surface area (Å²) in [5.74, 6) is 0.807. The van der Waals surface area contributed by atoms with Crippen LogP contribution in [0.5, 0.6) is 17.4 Å². The average molecular weight is 430 g/mol. The first-order valence-electron chi connectivity index (χ1n) is 9.07. The van der Waals surface area contributed by atoms with Crippen molar-refractivity contribution in [2.75, 3.05) is 6.79 Å². The number of fused-ring (bicyclic) bond motifs is 1. The van der Waals surface area contributed by atoms with Crippen LogP contribution in [-0.4, -0.2) is 34.5 Å². The van der Waals surface area contributed by atoms with E-state index < -0.39 is 12.1 Å². The molecule has 9 heteroatoms. The molecule has 0 N–H and O–H groups in total. The van der Waals surface area contributed by atoms with Gasteiger partial charge >= 0.3 is 5.97 Å². The highest BCUT2D eigenvalue weighted by Gasteiger charge is 2.16. The Kier molecular flexibility index (Phi) is 7.03. The van der Waals surface area contributed by atoms with E-state index in [2.05, 4.69) is 15.1 Å². The van der Waals surface area contributed by atoms with Crippen LogP contribution in [0.2, 0.25) is 5.02 Å². The molecule has 0 radical (unpaired) electrons.